The van der Waals surface area contributed by atoms with Crippen LogP contribution in [-0.2, 0) is 0 Å². The number of hydrogen-bond donors (Lipinski definition) is 3. The van der Waals surface area contributed by atoms with Gasteiger partial charge in [-0.3, -0.25) is 0 Å². The molecule has 2 aromatic rings. The number of aryl methyl sites for hydroxylation is 1. The highest BCUT2D eigenvalue weighted by Crippen LogP contribution is 2.29. The Morgan fingerprint density at radius 1 is 1.20 bits per heavy atom. The molecule has 2 rings (SSSR count). The molecule has 0 atom stereocenters. The third-order valence-electron chi connectivity index (χ3n) is 2.01. The number of rotatable bonds is 1. The maximum Gasteiger partial charge on any atom is 0.499 e. The van der Waals surface area contributed by atoms with Crippen molar-refractivity contribution in [2.45, 2.75) is 14.4 Å². The first-order chi connectivity index (χ1) is 6.58. The van der Waals surface area contributed by atoms with E-state index < -0.39 is 7.12 Å². The number of benzene rings is 1. The van der Waals surface area contributed by atoms with Crippen LogP contribution in [0.15, 0.2) is 18.2 Å². The Labute approximate surface area is 92.8 Å². The normalized spacial score (nSPS) is 10.1. The van der Waals surface area contributed by atoms with Crippen molar-refractivity contribution in [3.8, 4) is 5.75 Å². The van der Waals surface area contributed by atoms with Gasteiger partial charge in [0.05, 0.1) is 4.70 Å². The molecule has 3 nitrogen and oxygen atoms in total. The fourth-order valence-corrected chi connectivity index (χ4v) is 2.35. The fraction of sp³-hybridized carbons (Fsp3) is 0.200. The van der Waals surface area contributed by atoms with E-state index in [1.54, 1.807) is 12.1 Å². The molecule has 0 spiro atoms. The highest BCUT2D eigenvalue weighted by Gasteiger charge is 2.16. The van der Waals surface area contributed by atoms with Crippen LogP contribution in [0.3, 0.4) is 0 Å². The molecule has 0 unspecified atom stereocenters. The van der Waals surface area contributed by atoms with E-state index in [9.17, 15) is 5.11 Å². The van der Waals surface area contributed by atoms with Crippen molar-refractivity contribution >= 4 is 33.3 Å². The molecule has 1 aromatic heterocycles. The van der Waals surface area contributed by atoms with Crippen LogP contribution in [0.4, 0.5) is 0 Å². The molecular weight excluding hydrogens is 211 g/mol. The van der Waals surface area contributed by atoms with Gasteiger partial charge in [-0.2, -0.15) is 0 Å². The van der Waals surface area contributed by atoms with Crippen molar-refractivity contribution in [1.29, 1.82) is 0 Å². The molecule has 0 saturated heterocycles. The van der Waals surface area contributed by atoms with Crippen LogP contribution in [0.1, 0.15) is 13.0 Å². The lowest BCUT2D eigenvalue weighted by atomic mass is 9.89. The maximum absolute atomic E-state index is 9.59. The lowest BCUT2D eigenvalue weighted by Gasteiger charge is -1.96. The van der Waals surface area contributed by atoms with Gasteiger partial charge in [0.25, 0.3) is 0 Å². The summed E-state index contributed by atoms with van der Waals surface area (Å²) in [5.41, 5.74) is 0.951. The van der Waals surface area contributed by atoms with Crippen molar-refractivity contribution in [3.63, 3.8) is 0 Å². The van der Waals surface area contributed by atoms with E-state index in [0.29, 0.717) is 9.48 Å². The Bertz CT molecular complexity index is 479. The van der Waals surface area contributed by atoms with Crippen molar-refractivity contribution in [1.82, 2.24) is 0 Å². The summed E-state index contributed by atoms with van der Waals surface area (Å²) >= 11 is 1.19. The molecule has 3 N–H and O–H groups in total. The highest BCUT2D eigenvalue weighted by atomic mass is 32.1. The van der Waals surface area contributed by atoms with Gasteiger partial charge in [0, 0.05) is 4.78 Å². The summed E-state index contributed by atoms with van der Waals surface area (Å²) in [6.07, 6.45) is 0. The van der Waals surface area contributed by atoms with Gasteiger partial charge < -0.3 is 15.2 Å². The number of fused-ring (bicyclic) bond motifs is 1. The van der Waals surface area contributed by atoms with Crippen molar-refractivity contribution in [3.05, 3.63) is 23.8 Å². The van der Waals surface area contributed by atoms with Crippen LogP contribution in [0.25, 0.3) is 10.1 Å². The Morgan fingerprint density at radius 3 is 2.47 bits per heavy atom. The molecule has 80 valence electrons. The first kappa shape index (κ1) is 12.0. The first-order valence-electron chi connectivity index (χ1n) is 4.17. The largest absolute Gasteiger partial charge is 0.506 e. The Hall–Kier alpha value is -1.04. The second-order valence-corrected chi connectivity index (χ2v) is 4.31. The predicted molar refractivity (Wildman–Crippen MR) is 64.8 cm³/mol. The lowest BCUT2D eigenvalue weighted by molar-refractivity contribution is 0.427. The number of aromatic hydroxyl groups is 1. The molecular formula is C10H13BO3S. The van der Waals surface area contributed by atoms with Gasteiger partial charge in [-0.05, 0) is 30.0 Å². The minimum absolute atomic E-state index is 0. The topological polar surface area (TPSA) is 60.7 Å². The van der Waals surface area contributed by atoms with Crippen molar-refractivity contribution < 1.29 is 15.2 Å². The molecule has 5 heteroatoms. The van der Waals surface area contributed by atoms with Crippen LogP contribution in [-0.4, -0.2) is 22.3 Å². The summed E-state index contributed by atoms with van der Waals surface area (Å²) in [5.74, 6) is 0.192. The Balaban J connectivity index is 0.00000112. The summed E-state index contributed by atoms with van der Waals surface area (Å²) in [5, 5.41) is 28.4. The van der Waals surface area contributed by atoms with Gasteiger partial charge >= 0.3 is 7.12 Å². The lowest BCUT2D eigenvalue weighted by Crippen LogP contribution is -2.26. The second kappa shape index (κ2) is 4.22. The SMILES string of the molecule is C.Cc1cc(O)c2sc(B(O)O)cc2c1. The van der Waals surface area contributed by atoms with E-state index in [1.807, 2.05) is 13.0 Å². The predicted octanol–water partition coefficient (Wildman–Crippen LogP) is 1.23. The average Bonchev–Trinajstić information content (AvgIpc) is 2.47. The van der Waals surface area contributed by atoms with Crippen LogP contribution in [0.5, 0.6) is 5.75 Å². The van der Waals surface area contributed by atoms with Gasteiger partial charge in [0.15, 0.2) is 0 Å². The van der Waals surface area contributed by atoms with E-state index in [1.165, 1.54) is 11.3 Å². The fourth-order valence-electron chi connectivity index (χ4n) is 1.43. The number of phenolic OH excluding ortho intramolecular Hbond substituents is 1. The summed E-state index contributed by atoms with van der Waals surface area (Å²) < 4.78 is 1.14. The number of hydrogen-bond acceptors (Lipinski definition) is 4. The van der Waals surface area contributed by atoms with Gasteiger partial charge in [0.1, 0.15) is 5.75 Å². The monoisotopic (exact) mass is 224 g/mol. The van der Waals surface area contributed by atoms with E-state index in [4.69, 9.17) is 10.0 Å². The van der Waals surface area contributed by atoms with E-state index in [0.717, 1.165) is 10.9 Å². The molecule has 1 heterocycles. The Kier molecular flexibility index (Phi) is 3.39. The number of phenols is 1. The van der Waals surface area contributed by atoms with Crippen LogP contribution >= 0.6 is 11.3 Å². The molecule has 0 bridgehead atoms. The Morgan fingerprint density at radius 2 is 1.87 bits per heavy atom. The zero-order valence-corrected chi connectivity index (χ0v) is 8.38. The van der Waals surface area contributed by atoms with Crippen LogP contribution < -0.4 is 4.78 Å². The molecule has 0 aliphatic heterocycles. The molecule has 0 radical (unpaired) electrons. The first-order valence-corrected chi connectivity index (χ1v) is 4.99. The molecule has 0 amide bonds. The molecule has 0 fully saturated rings. The van der Waals surface area contributed by atoms with E-state index >= 15 is 0 Å². The van der Waals surface area contributed by atoms with Crippen LogP contribution in [0.2, 0.25) is 0 Å². The smallest absolute Gasteiger partial charge is 0.499 e. The van der Waals surface area contributed by atoms with E-state index in [2.05, 4.69) is 0 Å². The zero-order valence-electron chi connectivity index (χ0n) is 7.56. The van der Waals surface area contributed by atoms with Crippen molar-refractivity contribution in [2.75, 3.05) is 0 Å². The molecule has 1 aromatic carbocycles. The molecule has 0 aliphatic carbocycles. The molecule has 0 saturated carbocycles. The molecule has 15 heavy (non-hydrogen) atoms. The summed E-state index contributed by atoms with van der Waals surface area (Å²) in [6, 6.07) is 5.24. The minimum atomic E-state index is -1.47. The standard InChI is InChI=1S/C9H9BO3S.CH4/c1-5-2-6-4-8(10(12)13)14-9(6)7(11)3-5;/h2-4,11-13H,1H3;1H4. The van der Waals surface area contributed by atoms with Gasteiger partial charge in [-0.15, -0.1) is 11.3 Å². The van der Waals surface area contributed by atoms with Gasteiger partial charge in [-0.1, -0.05) is 13.5 Å². The van der Waals surface area contributed by atoms with Gasteiger partial charge in [0.2, 0.25) is 0 Å². The summed E-state index contributed by atoms with van der Waals surface area (Å²) in [4.78, 5) is 0. The minimum Gasteiger partial charge on any atom is -0.506 e. The number of thiophene rings is 1. The van der Waals surface area contributed by atoms with Crippen LogP contribution in [0, 0.1) is 6.92 Å². The summed E-state index contributed by atoms with van der Waals surface area (Å²) in [7, 11) is -1.47. The average molecular weight is 224 g/mol. The quantitative estimate of drug-likeness (QED) is 0.638. The molecule has 0 aliphatic rings. The van der Waals surface area contributed by atoms with Crippen molar-refractivity contribution in [2.24, 2.45) is 0 Å². The second-order valence-electron chi connectivity index (χ2n) is 3.22. The van der Waals surface area contributed by atoms with Gasteiger partial charge in [-0.25, -0.2) is 0 Å². The zero-order chi connectivity index (χ0) is 10.3. The third-order valence-corrected chi connectivity index (χ3v) is 3.23. The third kappa shape index (κ3) is 2.14. The highest BCUT2D eigenvalue weighted by molar-refractivity contribution is 7.28. The summed E-state index contributed by atoms with van der Waals surface area (Å²) in [6.45, 7) is 1.88. The maximum atomic E-state index is 9.59. The van der Waals surface area contributed by atoms with E-state index in [-0.39, 0.29) is 13.2 Å².